The number of carbonyl (C=O) groups excluding carboxylic acids is 1. The molecule has 1 aromatic carbocycles. The zero-order valence-corrected chi connectivity index (χ0v) is 19.2. The number of hydrogen-bond acceptors (Lipinski definition) is 8. The first-order chi connectivity index (χ1) is 16.9. The minimum atomic E-state index is -1.11. The van der Waals surface area contributed by atoms with Crippen LogP contribution in [0, 0.1) is 34.3 Å². The van der Waals surface area contributed by atoms with Crippen molar-refractivity contribution in [2.24, 2.45) is 0 Å². The number of aliphatic hydroxyl groups excluding tert-OH is 1. The molecule has 4 rings (SSSR count). The standard InChI is InChI=1S/C24H18F2N6O2S/c1-29-23(34)20-6-13(4-5-30-20)12-35-24-17(9-28)21(14-2-3-18(25)19(26)7-14)16(8-27)22(31-24)32-10-15(33)11-32/h2-7,15,33H,10-12H2,1H3,(H,29,34). The van der Waals surface area contributed by atoms with Gasteiger partial charge in [0, 0.05) is 37.7 Å². The molecule has 35 heavy (non-hydrogen) atoms. The Morgan fingerprint density at radius 2 is 1.94 bits per heavy atom. The van der Waals surface area contributed by atoms with E-state index < -0.39 is 17.7 Å². The van der Waals surface area contributed by atoms with Crippen molar-refractivity contribution in [1.29, 1.82) is 10.5 Å². The number of aromatic nitrogens is 2. The molecule has 0 saturated carbocycles. The van der Waals surface area contributed by atoms with Crippen LogP contribution in [0.5, 0.6) is 0 Å². The minimum absolute atomic E-state index is 0.0367. The van der Waals surface area contributed by atoms with E-state index in [9.17, 15) is 29.2 Å². The van der Waals surface area contributed by atoms with E-state index in [-0.39, 0.29) is 57.8 Å². The number of halogens is 2. The number of amides is 1. The van der Waals surface area contributed by atoms with Gasteiger partial charge in [-0.15, -0.1) is 11.8 Å². The molecule has 11 heteroatoms. The zero-order chi connectivity index (χ0) is 25.1. The number of pyridine rings is 2. The molecule has 0 aliphatic carbocycles. The summed E-state index contributed by atoms with van der Waals surface area (Å²) < 4.78 is 27.7. The summed E-state index contributed by atoms with van der Waals surface area (Å²) in [6.07, 6.45) is 0.916. The lowest BCUT2D eigenvalue weighted by atomic mass is 9.95. The average molecular weight is 493 g/mol. The van der Waals surface area contributed by atoms with Crippen molar-refractivity contribution in [3.63, 3.8) is 0 Å². The smallest absolute Gasteiger partial charge is 0.269 e. The number of hydrogen-bond donors (Lipinski definition) is 2. The number of nitriles is 2. The van der Waals surface area contributed by atoms with E-state index >= 15 is 0 Å². The third-order valence-electron chi connectivity index (χ3n) is 5.40. The molecule has 1 aliphatic heterocycles. The first-order valence-corrected chi connectivity index (χ1v) is 11.4. The number of carbonyl (C=O) groups is 1. The molecule has 0 unspecified atom stereocenters. The van der Waals surface area contributed by atoms with Gasteiger partial charge in [0.1, 0.15) is 34.2 Å². The molecule has 0 bridgehead atoms. The van der Waals surface area contributed by atoms with Crippen LogP contribution >= 0.6 is 11.8 Å². The Balaban J connectivity index is 1.82. The van der Waals surface area contributed by atoms with E-state index in [0.29, 0.717) is 5.75 Å². The molecule has 176 valence electrons. The van der Waals surface area contributed by atoms with E-state index in [2.05, 4.69) is 21.4 Å². The zero-order valence-electron chi connectivity index (χ0n) is 18.4. The quantitative estimate of drug-likeness (QED) is 0.503. The number of nitrogens with one attached hydrogen (secondary N) is 1. The SMILES string of the molecule is CNC(=O)c1cc(CSc2nc(N3CC(O)C3)c(C#N)c(-c3ccc(F)c(F)c3)c2C#N)ccn1. The average Bonchev–Trinajstić information content (AvgIpc) is 2.85. The predicted octanol–water partition coefficient (Wildman–Crippen LogP) is 3.00. The van der Waals surface area contributed by atoms with Crippen LogP contribution in [-0.4, -0.2) is 47.2 Å². The number of aliphatic hydroxyl groups is 1. The highest BCUT2D eigenvalue weighted by Gasteiger charge is 2.31. The normalized spacial score (nSPS) is 13.0. The molecule has 0 spiro atoms. The molecule has 1 amide bonds. The summed E-state index contributed by atoms with van der Waals surface area (Å²) >= 11 is 1.20. The maximum absolute atomic E-state index is 14.1. The maximum Gasteiger partial charge on any atom is 0.269 e. The highest BCUT2D eigenvalue weighted by Crippen LogP contribution is 2.40. The third-order valence-corrected chi connectivity index (χ3v) is 6.44. The molecule has 1 saturated heterocycles. The summed E-state index contributed by atoms with van der Waals surface area (Å²) in [4.78, 5) is 22.2. The van der Waals surface area contributed by atoms with Crippen LogP contribution in [-0.2, 0) is 5.75 Å². The van der Waals surface area contributed by atoms with Crippen molar-refractivity contribution in [1.82, 2.24) is 15.3 Å². The lowest BCUT2D eigenvalue weighted by molar-refractivity contribution is 0.0958. The van der Waals surface area contributed by atoms with Crippen LogP contribution in [0.3, 0.4) is 0 Å². The van der Waals surface area contributed by atoms with Crippen molar-refractivity contribution >= 4 is 23.5 Å². The summed E-state index contributed by atoms with van der Waals surface area (Å²) in [5.74, 6) is -1.93. The van der Waals surface area contributed by atoms with Crippen molar-refractivity contribution in [3.8, 4) is 23.3 Å². The van der Waals surface area contributed by atoms with Gasteiger partial charge in [-0.05, 0) is 35.4 Å². The van der Waals surface area contributed by atoms with Gasteiger partial charge in [-0.3, -0.25) is 9.78 Å². The van der Waals surface area contributed by atoms with Crippen molar-refractivity contribution in [2.75, 3.05) is 25.0 Å². The van der Waals surface area contributed by atoms with E-state index in [1.54, 1.807) is 17.0 Å². The van der Waals surface area contributed by atoms with E-state index in [1.807, 2.05) is 6.07 Å². The fraction of sp³-hybridized carbons (Fsp3) is 0.208. The van der Waals surface area contributed by atoms with Gasteiger partial charge in [0.25, 0.3) is 5.91 Å². The Morgan fingerprint density at radius 1 is 1.20 bits per heavy atom. The molecule has 0 atom stereocenters. The number of β-amino-alcohol motifs (C(OH)–C–C–N with tert-alkyl or cyclic N) is 1. The largest absolute Gasteiger partial charge is 0.389 e. The monoisotopic (exact) mass is 492 g/mol. The molecule has 3 aromatic rings. The second kappa shape index (κ2) is 10.1. The topological polar surface area (TPSA) is 126 Å². The number of benzene rings is 1. The molecule has 2 aromatic heterocycles. The molecular formula is C24H18F2N6O2S. The number of anilines is 1. The van der Waals surface area contributed by atoms with Gasteiger partial charge >= 0.3 is 0 Å². The molecular weight excluding hydrogens is 474 g/mol. The van der Waals surface area contributed by atoms with Crippen LogP contribution in [0.1, 0.15) is 27.2 Å². The number of thioether (sulfide) groups is 1. The lowest BCUT2D eigenvalue weighted by Gasteiger charge is -2.37. The van der Waals surface area contributed by atoms with Crippen LogP contribution in [0.2, 0.25) is 0 Å². The first-order valence-electron chi connectivity index (χ1n) is 10.4. The Labute approximate surface area is 203 Å². The summed E-state index contributed by atoms with van der Waals surface area (Å²) in [5.41, 5.74) is 1.36. The minimum Gasteiger partial charge on any atom is -0.389 e. The van der Waals surface area contributed by atoms with Crippen LogP contribution < -0.4 is 10.2 Å². The van der Waals surface area contributed by atoms with Gasteiger partial charge in [-0.25, -0.2) is 13.8 Å². The van der Waals surface area contributed by atoms with Gasteiger partial charge in [-0.1, -0.05) is 6.07 Å². The maximum atomic E-state index is 14.1. The van der Waals surface area contributed by atoms with Crippen LogP contribution in [0.25, 0.3) is 11.1 Å². The summed E-state index contributed by atoms with van der Waals surface area (Å²) in [6, 6.07) is 10.6. The Hall–Kier alpha value is -4.06. The highest BCUT2D eigenvalue weighted by molar-refractivity contribution is 7.98. The van der Waals surface area contributed by atoms with Crippen molar-refractivity contribution < 1.29 is 18.7 Å². The Morgan fingerprint density at radius 3 is 2.57 bits per heavy atom. The molecule has 1 aliphatic rings. The van der Waals surface area contributed by atoms with Crippen molar-refractivity contribution in [3.05, 3.63) is 70.5 Å². The predicted molar refractivity (Wildman–Crippen MR) is 124 cm³/mol. The number of nitrogens with zero attached hydrogens (tertiary/aromatic N) is 5. The second-order valence-electron chi connectivity index (χ2n) is 7.69. The van der Waals surface area contributed by atoms with Gasteiger partial charge in [0.2, 0.25) is 0 Å². The summed E-state index contributed by atoms with van der Waals surface area (Å²) in [7, 11) is 1.50. The van der Waals surface area contributed by atoms with Gasteiger partial charge < -0.3 is 15.3 Å². The Kier molecular flexibility index (Phi) is 6.92. The third kappa shape index (κ3) is 4.78. The van der Waals surface area contributed by atoms with E-state index in [1.165, 1.54) is 31.1 Å². The van der Waals surface area contributed by atoms with Crippen LogP contribution in [0.4, 0.5) is 14.6 Å². The fourth-order valence-corrected chi connectivity index (χ4v) is 4.56. The number of rotatable bonds is 6. The molecule has 1 fully saturated rings. The summed E-state index contributed by atoms with van der Waals surface area (Å²) in [5, 5.41) is 32.5. The van der Waals surface area contributed by atoms with E-state index in [4.69, 9.17) is 0 Å². The highest BCUT2D eigenvalue weighted by atomic mass is 32.2. The van der Waals surface area contributed by atoms with Crippen LogP contribution in [0.15, 0.2) is 41.6 Å². The van der Waals surface area contributed by atoms with Gasteiger partial charge in [-0.2, -0.15) is 10.5 Å². The fourth-order valence-electron chi connectivity index (χ4n) is 3.63. The Bertz CT molecular complexity index is 1400. The second-order valence-corrected chi connectivity index (χ2v) is 8.66. The van der Waals surface area contributed by atoms with Crippen molar-refractivity contribution in [2.45, 2.75) is 16.9 Å². The molecule has 3 heterocycles. The first kappa shape index (κ1) is 24.1. The molecule has 2 N–H and O–H groups in total. The summed E-state index contributed by atoms with van der Waals surface area (Å²) in [6.45, 7) is 0.490. The van der Waals surface area contributed by atoms with Gasteiger partial charge in [0.15, 0.2) is 11.6 Å². The van der Waals surface area contributed by atoms with E-state index in [0.717, 1.165) is 17.7 Å². The molecule has 0 radical (unpaired) electrons. The lowest BCUT2D eigenvalue weighted by Crippen LogP contribution is -2.51. The molecule has 8 nitrogen and oxygen atoms in total. The van der Waals surface area contributed by atoms with Gasteiger partial charge in [0.05, 0.1) is 11.7 Å².